The number of hydrogen-bond acceptors (Lipinski definition) is 2. The molecule has 1 amide bonds. The lowest BCUT2D eigenvalue weighted by atomic mass is 10.2. The fraction of sp³-hybridized carbons (Fsp3) is 0. The van der Waals surface area contributed by atoms with Crippen molar-refractivity contribution in [1.82, 2.24) is 0 Å². The number of carboxylic acids is 1. The molecule has 0 heterocycles. The highest BCUT2D eigenvalue weighted by molar-refractivity contribution is 5.92. The minimum absolute atomic E-state index is 0.194. The van der Waals surface area contributed by atoms with Gasteiger partial charge in [0.2, 0.25) is 5.91 Å². The minimum atomic E-state index is -0.879. The molecule has 0 atom stereocenters. The van der Waals surface area contributed by atoms with Gasteiger partial charge >= 0.3 is 5.97 Å². The highest BCUT2D eigenvalue weighted by atomic mass is 19.1. The summed E-state index contributed by atoms with van der Waals surface area (Å²) in [6.45, 7) is 0. The van der Waals surface area contributed by atoms with E-state index < -0.39 is 17.7 Å². The normalized spacial score (nSPS) is 9.11. The topological polar surface area (TPSA) is 80.4 Å². The van der Waals surface area contributed by atoms with Crippen LogP contribution >= 0.6 is 0 Å². The quantitative estimate of drug-likeness (QED) is 0.870. The molecule has 98 valence electrons. The lowest BCUT2D eigenvalue weighted by molar-refractivity contribution is 0.0696. The van der Waals surface area contributed by atoms with Crippen molar-refractivity contribution in [3.8, 4) is 0 Å². The van der Waals surface area contributed by atoms with Crippen LogP contribution in [0.25, 0.3) is 0 Å². The van der Waals surface area contributed by atoms with Gasteiger partial charge in [-0.2, -0.15) is 0 Å². The van der Waals surface area contributed by atoms with E-state index in [1.807, 2.05) is 0 Å². The van der Waals surface area contributed by atoms with Crippen molar-refractivity contribution in [1.29, 1.82) is 0 Å². The van der Waals surface area contributed by atoms with E-state index in [-0.39, 0.29) is 5.56 Å². The Morgan fingerprint density at radius 1 is 0.947 bits per heavy atom. The Morgan fingerprint density at radius 3 is 1.89 bits per heavy atom. The second-order valence-corrected chi connectivity index (χ2v) is 3.55. The SMILES string of the molecule is NC(=O)c1cccc(F)c1.O=C(O)c1ccccc1. The second-order valence-electron chi connectivity index (χ2n) is 3.55. The van der Waals surface area contributed by atoms with Gasteiger partial charge in [-0.3, -0.25) is 4.79 Å². The molecule has 0 radical (unpaired) electrons. The van der Waals surface area contributed by atoms with Gasteiger partial charge in [0, 0.05) is 5.56 Å². The second kappa shape index (κ2) is 6.90. The molecule has 0 aliphatic rings. The van der Waals surface area contributed by atoms with Gasteiger partial charge in [0.05, 0.1) is 5.56 Å². The summed E-state index contributed by atoms with van der Waals surface area (Å²) < 4.78 is 12.3. The van der Waals surface area contributed by atoms with E-state index in [0.29, 0.717) is 5.56 Å². The highest BCUT2D eigenvalue weighted by Gasteiger charge is 1.98. The molecule has 0 aliphatic carbocycles. The molecule has 2 aromatic rings. The van der Waals surface area contributed by atoms with E-state index in [1.54, 1.807) is 30.3 Å². The number of carbonyl (C=O) groups excluding carboxylic acids is 1. The third-order valence-corrected chi connectivity index (χ3v) is 2.13. The number of halogens is 1. The molecular formula is C14H12FNO3. The van der Waals surface area contributed by atoms with Crippen LogP contribution in [-0.2, 0) is 0 Å². The fourth-order valence-electron chi connectivity index (χ4n) is 1.22. The van der Waals surface area contributed by atoms with E-state index >= 15 is 0 Å². The number of aromatic carboxylic acids is 1. The number of carboxylic acid groups (broad SMARTS) is 1. The van der Waals surface area contributed by atoms with Crippen LogP contribution in [0, 0.1) is 5.82 Å². The maximum absolute atomic E-state index is 12.3. The molecule has 0 fully saturated rings. The molecule has 2 rings (SSSR count). The summed E-state index contributed by atoms with van der Waals surface area (Å²) >= 11 is 0. The number of primary amides is 1. The molecule has 0 aliphatic heterocycles. The van der Waals surface area contributed by atoms with E-state index in [1.165, 1.54) is 18.2 Å². The molecule has 0 unspecified atom stereocenters. The van der Waals surface area contributed by atoms with Crippen molar-refractivity contribution in [2.45, 2.75) is 0 Å². The van der Waals surface area contributed by atoms with Crippen molar-refractivity contribution in [3.63, 3.8) is 0 Å². The van der Waals surface area contributed by atoms with Crippen molar-refractivity contribution < 1.29 is 19.1 Å². The van der Waals surface area contributed by atoms with Gasteiger partial charge in [0.15, 0.2) is 0 Å². The Balaban J connectivity index is 0.000000191. The van der Waals surface area contributed by atoms with Crippen LogP contribution in [0.3, 0.4) is 0 Å². The summed E-state index contributed by atoms with van der Waals surface area (Å²) in [6, 6.07) is 13.6. The van der Waals surface area contributed by atoms with Crippen LogP contribution in [0.15, 0.2) is 54.6 Å². The van der Waals surface area contributed by atoms with Crippen LogP contribution in [-0.4, -0.2) is 17.0 Å². The van der Waals surface area contributed by atoms with Gasteiger partial charge in [-0.1, -0.05) is 24.3 Å². The molecule has 0 saturated heterocycles. The van der Waals surface area contributed by atoms with E-state index in [4.69, 9.17) is 10.8 Å². The summed E-state index contributed by atoms with van der Waals surface area (Å²) in [5, 5.41) is 8.38. The van der Waals surface area contributed by atoms with Gasteiger partial charge in [-0.25, -0.2) is 9.18 Å². The smallest absolute Gasteiger partial charge is 0.335 e. The first-order chi connectivity index (χ1) is 9.00. The zero-order valence-corrected chi connectivity index (χ0v) is 9.92. The van der Waals surface area contributed by atoms with Gasteiger partial charge in [0.25, 0.3) is 0 Å². The van der Waals surface area contributed by atoms with Crippen LogP contribution in [0.2, 0.25) is 0 Å². The van der Waals surface area contributed by atoms with E-state index in [0.717, 1.165) is 6.07 Å². The fourth-order valence-corrected chi connectivity index (χ4v) is 1.22. The van der Waals surface area contributed by atoms with Gasteiger partial charge in [-0.15, -0.1) is 0 Å². The van der Waals surface area contributed by atoms with Crippen LogP contribution < -0.4 is 5.73 Å². The number of carbonyl (C=O) groups is 2. The average molecular weight is 261 g/mol. The summed E-state index contributed by atoms with van der Waals surface area (Å²) in [5.74, 6) is -1.94. The van der Waals surface area contributed by atoms with Gasteiger partial charge in [0.1, 0.15) is 5.82 Å². The van der Waals surface area contributed by atoms with Crippen molar-refractivity contribution in [3.05, 3.63) is 71.5 Å². The first-order valence-electron chi connectivity index (χ1n) is 5.34. The zero-order valence-electron chi connectivity index (χ0n) is 9.92. The standard InChI is InChI=1S/C7H6FNO.C7H6O2/c8-6-3-1-2-5(4-6)7(9)10;8-7(9)6-4-2-1-3-5-6/h1-4H,(H2,9,10);1-5H,(H,8,9). The molecule has 2 aromatic carbocycles. The summed E-state index contributed by atoms with van der Waals surface area (Å²) in [4.78, 5) is 20.6. The van der Waals surface area contributed by atoms with Crippen LogP contribution in [0.4, 0.5) is 4.39 Å². The Bertz CT molecular complexity index is 570. The summed E-state index contributed by atoms with van der Waals surface area (Å²) in [7, 11) is 0. The zero-order chi connectivity index (χ0) is 14.3. The van der Waals surface area contributed by atoms with Crippen molar-refractivity contribution in [2.24, 2.45) is 5.73 Å². The van der Waals surface area contributed by atoms with Gasteiger partial charge < -0.3 is 10.8 Å². The first-order valence-corrected chi connectivity index (χ1v) is 5.34. The molecule has 0 spiro atoms. The monoisotopic (exact) mass is 261 g/mol. The number of benzene rings is 2. The Hall–Kier alpha value is -2.69. The predicted octanol–water partition coefficient (Wildman–Crippen LogP) is 2.31. The number of nitrogens with two attached hydrogens (primary N) is 1. The number of rotatable bonds is 2. The molecule has 5 heteroatoms. The lowest BCUT2D eigenvalue weighted by Crippen LogP contribution is -2.10. The van der Waals surface area contributed by atoms with E-state index in [9.17, 15) is 14.0 Å². The summed E-state index contributed by atoms with van der Waals surface area (Å²) in [6.07, 6.45) is 0. The Labute approximate surface area is 109 Å². The minimum Gasteiger partial charge on any atom is -0.478 e. The molecule has 3 N–H and O–H groups in total. The average Bonchev–Trinajstić information content (AvgIpc) is 2.40. The van der Waals surface area contributed by atoms with Gasteiger partial charge in [-0.05, 0) is 30.3 Å². The molecule has 19 heavy (non-hydrogen) atoms. The first kappa shape index (κ1) is 14.4. The molecule has 0 aromatic heterocycles. The van der Waals surface area contributed by atoms with Crippen LogP contribution in [0.5, 0.6) is 0 Å². The molecule has 0 bridgehead atoms. The molecule has 0 saturated carbocycles. The van der Waals surface area contributed by atoms with Crippen molar-refractivity contribution in [2.75, 3.05) is 0 Å². The highest BCUT2D eigenvalue weighted by Crippen LogP contribution is 2.01. The largest absolute Gasteiger partial charge is 0.478 e. The third kappa shape index (κ3) is 4.99. The van der Waals surface area contributed by atoms with Crippen molar-refractivity contribution >= 4 is 11.9 Å². The van der Waals surface area contributed by atoms with E-state index in [2.05, 4.69) is 0 Å². The third-order valence-electron chi connectivity index (χ3n) is 2.13. The lowest BCUT2D eigenvalue weighted by Gasteiger charge is -1.92. The number of amides is 1. The maximum Gasteiger partial charge on any atom is 0.335 e. The Morgan fingerprint density at radius 2 is 1.53 bits per heavy atom. The molecular weight excluding hydrogens is 249 g/mol. The van der Waals surface area contributed by atoms with Crippen LogP contribution in [0.1, 0.15) is 20.7 Å². The maximum atomic E-state index is 12.3. The number of hydrogen-bond donors (Lipinski definition) is 2. The summed E-state index contributed by atoms with van der Waals surface area (Å²) in [5.41, 5.74) is 5.40. The molecule has 4 nitrogen and oxygen atoms in total. The Kier molecular flexibility index (Phi) is 5.22. The predicted molar refractivity (Wildman–Crippen MR) is 68.3 cm³/mol.